The highest BCUT2D eigenvalue weighted by Crippen LogP contribution is 2.24. The summed E-state index contributed by atoms with van der Waals surface area (Å²) in [4.78, 5) is 15.0. The second kappa shape index (κ2) is 5.99. The molecule has 0 amide bonds. The summed E-state index contributed by atoms with van der Waals surface area (Å²) in [5, 5.41) is 5.10. The number of imidazole rings is 1. The van der Waals surface area contributed by atoms with Crippen LogP contribution in [0.1, 0.15) is 6.42 Å². The molecule has 114 valence electrons. The van der Waals surface area contributed by atoms with E-state index >= 15 is 0 Å². The lowest BCUT2D eigenvalue weighted by molar-refractivity contribution is 0.127. The molecular formula is C14H15N5O2S. The van der Waals surface area contributed by atoms with Gasteiger partial charge < -0.3 is 4.74 Å². The van der Waals surface area contributed by atoms with Crippen LogP contribution in [0.3, 0.4) is 0 Å². The summed E-state index contributed by atoms with van der Waals surface area (Å²) < 4.78 is 7.06. The Hall–Kier alpha value is -2.03. The van der Waals surface area contributed by atoms with E-state index < -0.39 is 0 Å². The Morgan fingerprint density at radius 3 is 3.27 bits per heavy atom. The highest BCUT2D eigenvalue weighted by atomic mass is 32.1. The predicted octanol–water partition coefficient (Wildman–Crippen LogP) is 2.23. The molecule has 3 aromatic heterocycles. The summed E-state index contributed by atoms with van der Waals surface area (Å²) >= 11 is 1.45. The summed E-state index contributed by atoms with van der Waals surface area (Å²) in [6.07, 6.45) is 6.48. The van der Waals surface area contributed by atoms with Crippen LogP contribution in [0.4, 0.5) is 5.13 Å². The van der Waals surface area contributed by atoms with Crippen LogP contribution in [0.25, 0.3) is 16.2 Å². The van der Waals surface area contributed by atoms with E-state index in [2.05, 4.69) is 20.5 Å². The van der Waals surface area contributed by atoms with Crippen molar-refractivity contribution in [1.82, 2.24) is 19.6 Å². The molecule has 0 bridgehead atoms. The number of nitrogens with one attached hydrogen (secondary N) is 1. The van der Waals surface area contributed by atoms with Gasteiger partial charge in [0.1, 0.15) is 0 Å². The average molecular weight is 317 g/mol. The number of nitrogens with zero attached hydrogens (tertiary/aromatic N) is 4. The van der Waals surface area contributed by atoms with Gasteiger partial charge in [-0.3, -0.25) is 9.82 Å². The third kappa shape index (κ3) is 2.80. The summed E-state index contributed by atoms with van der Waals surface area (Å²) in [6.45, 7) is 2.23. The van der Waals surface area contributed by atoms with Crippen molar-refractivity contribution in [3.63, 3.8) is 0 Å². The van der Waals surface area contributed by atoms with E-state index in [1.54, 1.807) is 16.9 Å². The number of hydrogen-bond acceptors (Lipinski definition) is 7. The van der Waals surface area contributed by atoms with E-state index in [1.807, 2.05) is 18.3 Å². The highest BCUT2D eigenvalue weighted by Gasteiger charge is 2.16. The van der Waals surface area contributed by atoms with Gasteiger partial charge in [0.05, 0.1) is 25.1 Å². The van der Waals surface area contributed by atoms with Gasteiger partial charge in [-0.2, -0.15) is 0 Å². The van der Waals surface area contributed by atoms with Crippen LogP contribution in [0.2, 0.25) is 0 Å². The Morgan fingerprint density at radius 1 is 1.50 bits per heavy atom. The van der Waals surface area contributed by atoms with Gasteiger partial charge in [0.2, 0.25) is 10.1 Å². The Labute approximate surface area is 130 Å². The minimum absolute atomic E-state index is 0.466. The molecule has 4 heterocycles. The summed E-state index contributed by atoms with van der Waals surface area (Å²) in [5.41, 5.74) is 4.73. The molecule has 1 saturated heterocycles. The van der Waals surface area contributed by atoms with Crippen LogP contribution in [-0.2, 0) is 9.57 Å². The van der Waals surface area contributed by atoms with Crippen molar-refractivity contribution in [2.75, 3.05) is 25.3 Å². The van der Waals surface area contributed by atoms with E-state index in [0.29, 0.717) is 17.7 Å². The number of fused-ring (bicyclic) bond motifs is 1. The minimum Gasteiger partial charge on any atom is -0.381 e. The lowest BCUT2D eigenvalue weighted by Gasteiger charge is -2.07. The zero-order valence-corrected chi connectivity index (χ0v) is 12.6. The Morgan fingerprint density at radius 2 is 2.50 bits per heavy atom. The molecule has 1 unspecified atom stereocenters. The van der Waals surface area contributed by atoms with Gasteiger partial charge in [-0.1, -0.05) is 11.3 Å². The molecule has 0 spiro atoms. The monoisotopic (exact) mass is 317 g/mol. The number of rotatable bonds is 5. The van der Waals surface area contributed by atoms with Gasteiger partial charge in [0.25, 0.3) is 0 Å². The molecular weight excluding hydrogens is 302 g/mol. The Bertz CT molecular complexity index is 720. The zero-order chi connectivity index (χ0) is 14.8. The van der Waals surface area contributed by atoms with Crippen LogP contribution in [0.5, 0.6) is 0 Å². The van der Waals surface area contributed by atoms with Crippen molar-refractivity contribution < 1.29 is 9.57 Å². The maximum atomic E-state index is 5.48. The maximum Gasteiger partial charge on any atom is 0.229 e. The molecule has 0 aliphatic carbocycles. The first-order valence-corrected chi connectivity index (χ1v) is 7.92. The first-order valence-electron chi connectivity index (χ1n) is 7.10. The lowest BCUT2D eigenvalue weighted by Crippen LogP contribution is -2.12. The van der Waals surface area contributed by atoms with E-state index in [4.69, 9.17) is 9.57 Å². The molecule has 0 aromatic carbocycles. The number of anilines is 1. The minimum atomic E-state index is 0.466. The number of pyridine rings is 1. The summed E-state index contributed by atoms with van der Waals surface area (Å²) in [7, 11) is 0. The second-order valence-corrected chi connectivity index (χ2v) is 6.10. The normalized spacial score (nSPS) is 18.1. The lowest BCUT2D eigenvalue weighted by atomic mass is 10.1. The SMILES string of the molecule is c1cncc(-c2cn3nc(NOCC4CCOC4)sc3n2)c1. The van der Waals surface area contributed by atoms with Crippen LogP contribution >= 0.6 is 11.3 Å². The topological polar surface area (TPSA) is 73.6 Å². The molecule has 1 aliphatic heterocycles. The van der Waals surface area contributed by atoms with Crippen molar-refractivity contribution in [3.05, 3.63) is 30.7 Å². The van der Waals surface area contributed by atoms with Crippen molar-refractivity contribution in [2.45, 2.75) is 6.42 Å². The van der Waals surface area contributed by atoms with Crippen LogP contribution < -0.4 is 5.48 Å². The van der Waals surface area contributed by atoms with Gasteiger partial charge >= 0.3 is 0 Å². The molecule has 4 rings (SSSR count). The van der Waals surface area contributed by atoms with Crippen molar-refractivity contribution in [1.29, 1.82) is 0 Å². The number of aromatic nitrogens is 4. The molecule has 0 saturated carbocycles. The number of ether oxygens (including phenoxy) is 1. The second-order valence-electron chi connectivity index (χ2n) is 5.14. The fourth-order valence-electron chi connectivity index (χ4n) is 2.33. The van der Waals surface area contributed by atoms with E-state index in [1.165, 1.54) is 11.3 Å². The molecule has 0 radical (unpaired) electrons. The average Bonchev–Trinajstić information content (AvgIpc) is 3.24. The molecule has 1 atom stereocenters. The molecule has 7 nitrogen and oxygen atoms in total. The highest BCUT2D eigenvalue weighted by molar-refractivity contribution is 7.20. The molecule has 1 fully saturated rings. The standard InChI is InChI=1S/C14H15N5O2S/c1-2-11(6-15-4-1)12-7-19-14(16-12)22-13(17-19)18-21-9-10-3-5-20-8-10/h1-2,4,6-7,10H,3,5,8-9H2,(H,17,18). The quantitative estimate of drug-likeness (QED) is 0.728. The Kier molecular flexibility index (Phi) is 3.71. The molecule has 1 N–H and O–H groups in total. The van der Waals surface area contributed by atoms with Crippen molar-refractivity contribution >= 4 is 21.4 Å². The largest absolute Gasteiger partial charge is 0.381 e. The fraction of sp³-hybridized carbons (Fsp3) is 0.357. The molecule has 1 aliphatic rings. The smallest absolute Gasteiger partial charge is 0.229 e. The first-order chi connectivity index (χ1) is 10.9. The maximum absolute atomic E-state index is 5.48. The van der Waals surface area contributed by atoms with E-state index in [9.17, 15) is 0 Å². The third-order valence-electron chi connectivity index (χ3n) is 3.50. The van der Waals surface area contributed by atoms with Crippen molar-refractivity contribution in [3.8, 4) is 11.3 Å². The van der Waals surface area contributed by atoms with Crippen LogP contribution in [-0.4, -0.2) is 39.4 Å². The molecule has 3 aromatic rings. The molecule has 22 heavy (non-hydrogen) atoms. The van der Waals surface area contributed by atoms with E-state index in [-0.39, 0.29) is 0 Å². The predicted molar refractivity (Wildman–Crippen MR) is 82.6 cm³/mol. The molecule has 8 heteroatoms. The first kappa shape index (κ1) is 13.6. The van der Waals surface area contributed by atoms with Gasteiger partial charge in [0, 0.05) is 30.5 Å². The summed E-state index contributed by atoms with van der Waals surface area (Å²) in [6, 6.07) is 3.87. The van der Waals surface area contributed by atoms with Gasteiger partial charge in [-0.05, 0) is 18.6 Å². The van der Waals surface area contributed by atoms with E-state index in [0.717, 1.165) is 35.9 Å². The Balaban J connectivity index is 1.42. The zero-order valence-electron chi connectivity index (χ0n) is 11.8. The fourth-order valence-corrected chi connectivity index (χ4v) is 3.06. The van der Waals surface area contributed by atoms with Crippen molar-refractivity contribution in [2.24, 2.45) is 5.92 Å². The van der Waals surface area contributed by atoms with Gasteiger partial charge in [0.15, 0.2) is 0 Å². The van der Waals surface area contributed by atoms with Crippen LogP contribution in [0, 0.1) is 5.92 Å². The summed E-state index contributed by atoms with van der Waals surface area (Å²) in [5.74, 6) is 0.466. The van der Waals surface area contributed by atoms with Gasteiger partial charge in [-0.15, -0.1) is 5.10 Å². The van der Waals surface area contributed by atoms with Crippen LogP contribution in [0.15, 0.2) is 30.7 Å². The van der Waals surface area contributed by atoms with Gasteiger partial charge in [-0.25, -0.2) is 15.0 Å². The number of hydrogen-bond donors (Lipinski definition) is 1. The third-order valence-corrected chi connectivity index (χ3v) is 4.32.